The molecule has 1 amide bonds. The normalized spacial score (nSPS) is 14.9. The number of aliphatic hydroxyl groups excluding tert-OH is 1. The zero-order chi connectivity index (χ0) is 11.0. The summed E-state index contributed by atoms with van der Waals surface area (Å²) in [5.74, 6) is -0.0628. The summed E-state index contributed by atoms with van der Waals surface area (Å²) >= 11 is 0. The van der Waals surface area contributed by atoms with Gasteiger partial charge in [-0.25, -0.2) is 0 Å². The predicted octanol–water partition coefficient (Wildman–Crippen LogP) is 0.426. The van der Waals surface area contributed by atoms with E-state index in [0.717, 1.165) is 19.3 Å². The second-order valence-corrected chi connectivity index (χ2v) is 3.89. The highest BCUT2D eigenvalue weighted by molar-refractivity contribution is 5.75. The molecule has 0 aromatic heterocycles. The lowest BCUT2D eigenvalue weighted by atomic mass is 10.1. The summed E-state index contributed by atoms with van der Waals surface area (Å²) in [5, 5.41) is 20.7. The average Bonchev–Trinajstić information content (AvgIpc) is 2.16. The maximum Gasteiger partial charge on any atom is 0.220 e. The number of nitrogens with one attached hydrogen (secondary N) is 1. The van der Waals surface area contributed by atoms with Crippen molar-refractivity contribution >= 4 is 5.91 Å². The second kappa shape index (κ2) is 6.79. The lowest BCUT2D eigenvalue weighted by Gasteiger charge is -2.20. The number of hydrogen-bond donors (Lipinski definition) is 3. The van der Waals surface area contributed by atoms with E-state index in [-0.39, 0.29) is 19.1 Å². The van der Waals surface area contributed by atoms with Crippen LogP contribution in [0.25, 0.3) is 0 Å². The van der Waals surface area contributed by atoms with Crippen molar-refractivity contribution in [1.82, 2.24) is 5.32 Å². The Hall–Kier alpha value is -0.610. The summed E-state index contributed by atoms with van der Waals surface area (Å²) in [6.45, 7) is 3.32. The molecule has 0 radical (unpaired) electrons. The van der Waals surface area contributed by atoms with Gasteiger partial charge in [0.1, 0.15) is 5.60 Å². The fraction of sp³-hybridized carbons (Fsp3) is 0.900. The molecule has 0 saturated heterocycles. The first-order chi connectivity index (χ1) is 6.52. The van der Waals surface area contributed by atoms with Gasteiger partial charge in [-0.15, -0.1) is 0 Å². The zero-order valence-electron chi connectivity index (χ0n) is 9.05. The molecular weight excluding hydrogens is 182 g/mol. The van der Waals surface area contributed by atoms with Gasteiger partial charge in [0.25, 0.3) is 0 Å². The molecule has 1 unspecified atom stereocenters. The molecule has 0 fully saturated rings. The van der Waals surface area contributed by atoms with Crippen LogP contribution < -0.4 is 5.32 Å². The van der Waals surface area contributed by atoms with E-state index in [2.05, 4.69) is 12.2 Å². The van der Waals surface area contributed by atoms with Gasteiger partial charge in [0.2, 0.25) is 5.91 Å². The number of rotatable bonds is 7. The Balaban J connectivity index is 3.53. The Kier molecular flexibility index (Phi) is 6.49. The van der Waals surface area contributed by atoms with E-state index in [0.29, 0.717) is 6.42 Å². The molecule has 3 N–H and O–H groups in total. The number of carbonyl (C=O) groups excluding carboxylic acids is 1. The van der Waals surface area contributed by atoms with Crippen molar-refractivity contribution in [3.05, 3.63) is 0 Å². The molecule has 0 aliphatic heterocycles. The third-order valence-electron chi connectivity index (χ3n) is 2.01. The Morgan fingerprint density at radius 2 is 2.07 bits per heavy atom. The first-order valence-electron chi connectivity index (χ1n) is 5.12. The van der Waals surface area contributed by atoms with Crippen LogP contribution in [-0.2, 0) is 4.79 Å². The van der Waals surface area contributed by atoms with Crippen molar-refractivity contribution in [3.8, 4) is 0 Å². The van der Waals surface area contributed by atoms with Gasteiger partial charge in [0.05, 0.1) is 6.61 Å². The van der Waals surface area contributed by atoms with Gasteiger partial charge in [-0.2, -0.15) is 0 Å². The minimum Gasteiger partial charge on any atom is -0.393 e. The fourth-order valence-corrected chi connectivity index (χ4v) is 0.969. The van der Waals surface area contributed by atoms with Crippen molar-refractivity contribution in [1.29, 1.82) is 0 Å². The van der Waals surface area contributed by atoms with Crippen LogP contribution in [-0.4, -0.2) is 34.9 Å². The summed E-state index contributed by atoms with van der Waals surface area (Å²) in [4.78, 5) is 11.2. The van der Waals surface area contributed by atoms with Gasteiger partial charge in [-0.05, 0) is 13.3 Å². The van der Waals surface area contributed by atoms with Crippen LogP contribution in [0.3, 0.4) is 0 Å². The van der Waals surface area contributed by atoms with Crippen molar-refractivity contribution in [2.45, 2.75) is 45.1 Å². The monoisotopic (exact) mass is 203 g/mol. The molecule has 4 heteroatoms. The largest absolute Gasteiger partial charge is 0.393 e. The highest BCUT2D eigenvalue weighted by Gasteiger charge is 2.19. The first kappa shape index (κ1) is 13.4. The third-order valence-corrected chi connectivity index (χ3v) is 2.01. The summed E-state index contributed by atoms with van der Waals surface area (Å²) < 4.78 is 0. The minimum absolute atomic E-state index is 0.0628. The van der Waals surface area contributed by atoms with Crippen LogP contribution in [0.4, 0.5) is 0 Å². The summed E-state index contributed by atoms with van der Waals surface area (Å²) in [6.07, 6.45) is 3.50. The van der Waals surface area contributed by atoms with Crippen molar-refractivity contribution in [3.63, 3.8) is 0 Å². The summed E-state index contributed by atoms with van der Waals surface area (Å²) in [6, 6.07) is 0. The van der Waals surface area contributed by atoms with Gasteiger partial charge >= 0.3 is 0 Å². The van der Waals surface area contributed by atoms with Gasteiger partial charge in [-0.1, -0.05) is 19.8 Å². The smallest absolute Gasteiger partial charge is 0.220 e. The quantitative estimate of drug-likeness (QED) is 0.525. The topological polar surface area (TPSA) is 69.6 Å². The average molecular weight is 203 g/mol. The van der Waals surface area contributed by atoms with Crippen LogP contribution in [0, 0.1) is 0 Å². The molecular formula is C10H21NO3. The predicted molar refractivity (Wildman–Crippen MR) is 54.9 cm³/mol. The molecule has 84 valence electrons. The molecule has 14 heavy (non-hydrogen) atoms. The van der Waals surface area contributed by atoms with Gasteiger partial charge in [0.15, 0.2) is 0 Å². The minimum atomic E-state index is -1.21. The SMILES string of the molecule is CCCCCC(=O)NCC(C)(O)CO. The van der Waals surface area contributed by atoms with Crippen molar-refractivity contribution in [2.24, 2.45) is 0 Å². The molecule has 0 aromatic carbocycles. The van der Waals surface area contributed by atoms with Gasteiger partial charge in [-0.3, -0.25) is 4.79 Å². The Morgan fingerprint density at radius 3 is 2.57 bits per heavy atom. The van der Waals surface area contributed by atoms with E-state index >= 15 is 0 Å². The van der Waals surface area contributed by atoms with E-state index in [9.17, 15) is 9.90 Å². The number of aliphatic hydroxyl groups is 2. The highest BCUT2D eigenvalue weighted by atomic mass is 16.3. The zero-order valence-corrected chi connectivity index (χ0v) is 9.05. The molecule has 1 atom stereocenters. The molecule has 0 aliphatic rings. The van der Waals surface area contributed by atoms with Gasteiger partial charge < -0.3 is 15.5 Å². The molecule has 0 spiro atoms. The van der Waals surface area contributed by atoms with Crippen LogP contribution in [0.2, 0.25) is 0 Å². The molecule has 0 aromatic rings. The Bertz CT molecular complexity index is 169. The van der Waals surface area contributed by atoms with E-state index in [1.54, 1.807) is 0 Å². The van der Waals surface area contributed by atoms with E-state index in [1.807, 2.05) is 0 Å². The van der Waals surface area contributed by atoms with Crippen LogP contribution in [0.15, 0.2) is 0 Å². The van der Waals surface area contributed by atoms with E-state index in [4.69, 9.17) is 5.11 Å². The third kappa shape index (κ3) is 6.86. The number of unbranched alkanes of at least 4 members (excludes halogenated alkanes) is 2. The Labute approximate surface area is 85.3 Å². The first-order valence-corrected chi connectivity index (χ1v) is 5.12. The lowest BCUT2D eigenvalue weighted by molar-refractivity contribution is -0.122. The maximum atomic E-state index is 11.2. The molecule has 0 heterocycles. The van der Waals surface area contributed by atoms with E-state index < -0.39 is 5.60 Å². The fourth-order valence-electron chi connectivity index (χ4n) is 0.969. The summed E-state index contributed by atoms with van der Waals surface area (Å²) in [5.41, 5.74) is -1.21. The van der Waals surface area contributed by atoms with E-state index in [1.165, 1.54) is 6.92 Å². The van der Waals surface area contributed by atoms with Crippen molar-refractivity contribution < 1.29 is 15.0 Å². The maximum absolute atomic E-state index is 11.2. The van der Waals surface area contributed by atoms with Crippen LogP contribution >= 0.6 is 0 Å². The molecule has 0 saturated carbocycles. The second-order valence-electron chi connectivity index (χ2n) is 3.89. The van der Waals surface area contributed by atoms with Crippen molar-refractivity contribution in [2.75, 3.05) is 13.2 Å². The number of amides is 1. The molecule has 0 aliphatic carbocycles. The molecule has 0 rings (SSSR count). The Morgan fingerprint density at radius 1 is 1.43 bits per heavy atom. The van der Waals surface area contributed by atoms with Crippen LogP contribution in [0.1, 0.15) is 39.5 Å². The number of carbonyl (C=O) groups is 1. The molecule has 0 bridgehead atoms. The standard InChI is InChI=1S/C10H21NO3/c1-3-4-5-6-9(13)11-7-10(2,14)8-12/h12,14H,3-8H2,1-2H3,(H,11,13). The lowest BCUT2D eigenvalue weighted by Crippen LogP contribution is -2.43. The van der Waals surface area contributed by atoms with Crippen LogP contribution in [0.5, 0.6) is 0 Å². The number of hydrogen-bond acceptors (Lipinski definition) is 3. The molecule has 4 nitrogen and oxygen atoms in total. The highest BCUT2D eigenvalue weighted by Crippen LogP contribution is 2.01. The summed E-state index contributed by atoms with van der Waals surface area (Å²) in [7, 11) is 0. The van der Waals surface area contributed by atoms with Gasteiger partial charge in [0, 0.05) is 13.0 Å².